The lowest BCUT2D eigenvalue weighted by atomic mass is 9.95. The highest BCUT2D eigenvalue weighted by molar-refractivity contribution is 6.13. The second-order valence-corrected chi connectivity index (χ2v) is 4.49. The van der Waals surface area contributed by atoms with E-state index in [9.17, 15) is 10.3 Å². The first-order valence-electron chi connectivity index (χ1n) is 6.09. The smallest absolute Gasteiger partial charge is 0.347 e. The largest absolute Gasteiger partial charge is 0.364 e. The molecule has 5 nitrogen and oxygen atoms in total. The van der Waals surface area contributed by atoms with E-state index in [-0.39, 0.29) is 5.91 Å². The third-order valence-electron chi connectivity index (χ3n) is 3.22. The standard InChI is InChI=1S/C14H16N4O/c1-4-7-18(10(3)19)12-6-5-11-13(14(12)17-15)9(2)8-16-11/h4,6,8,16H,1,5,7H2,2-3H3. The van der Waals surface area contributed by atoms with Gasteiger partial charge in [-0.1, -0.05) is 6.08 Å². The van der Waals surface area contributed by atoms with Crippen molar-refractivity contribution in [1.82, 2.24) is 9.88 Å². The average molecular weight is 256 g/mol. The predicted molar refractivity (Wildman–Crippen MR) is 72.6 cm³/mol. The summed E-state index contributed by atoms with van der Waals surface area (Å²) in [4.78, 5) is 19.8. The Morgan fingerprint density at radius 1 is 1.68 bits per heavy atom. The fourth-order valence-corrected chi connectivity index (χ4v) is 2.36. The fraction of sp³-hybridized carbons (Fsp3) is 0.286. The van der Waals surface area contributed by atoms with E-state index in [1.165, 1.54) is 6.92 Å². The van der Waals surface area contributed by atoms with Crippen molar-refractivity contribution in [3.8, 4) is 0 Å². The van der Waals surface area contributed by atoms with Gasteiger partial charge in [0.15, 0.2) is 0 Å². The summed E-state index contributed by atoms with van der Waals surface area (Å²) in [6.45, 7) is 7.46. The van der Waals surface area contributed by atoms with Crippen LogP contribution < -0.4 is 0 Å². The lowest BCUT2D eigenvalue weighted by molar-refractivity contribution is -0.126. The van der Waals surface area contributed by atoms with Gasteiger partial charge in [0, 0.05) is 31.8 Å². The highest BCUT2D eigenvalue weighted by Crippen LogP contribution is 2.25. The molecule has 1 aliphatic rings. The quantitative estimate of drug-likeness (QED) is 0.500. The first kappa shape index (κ1) is 13.1. The molecular formula is C14H16N4O. The SMILES string of the molecule is C=CCN(C(C)=O)C1=CCc2[nH]cc(C)c2C1=[N+]=[N-]. The number of rotatable bonds is 3. The molecule has 0 fully saturated rings. The van der Waals surface area contributed by atoms with Crippen molar-refractivity contribution in [2.75, 3.05) is 6.54 Å². The van der Waals surface area contributed by atoms with Crippen LogP contribution in [-0.2, 0) is 11.2 Å². The van der Waals surface area contributed by atoms with Crippen LogP contribution in [0.25, 0.3) is 5.53 Å². The number of aryl methyl sites for hydroxylation is 1. The molecule has 0 aromatic carbocycles. The van der Waals surface area contributed by atoms with Crippen molar-refractivity contribution in [2.45, 2.75) is 20.3 Å². The molecule has 0 bridgehead atoms. The Morgan fingerprint density at radius 3 is 3.00 bits per heavy atom. The van der Waals surface area contributed by atoms with Crippen LogP contribution >= 0.6 is 0 Å². The van der Waals surface area contributed by atoms with Gasteiger partial charge in [0.05, 0.1) is 5.56 Å². The number of fused-ring (bicyclic) bond motifs is 1. The predicted octanol–water partition coefficient (Wildman–Crippen LogP) is 1.82. The van der Waals surface area contributed by atoms with Crippen LogP contribution in [0.2, 0.25) is 0 Å². The van der Waals surface area contributed by atoms with Gasteiger partial charge in [-0.25, -0.2) is 0 Å². The molecule has 1 aromatic rings. The van der Waals surface area contributed by atoms with Gasteiger partial charge < -0.3 is 15.4 Å². The van der Waals surface area contributed by atoms with E-state index in [1.807, 2.05) is 19.2 Å². The van der Waals surface area contributed by atoms with Gasteiger partial charge in [-0.2, -0.15) is 4.79 Å². The molecule has 0 radical (unpaired) electrons. The third-order valence-corrected chi connectivity index (χ3v) is 3.22. The number of carbonyl (C=O) groups is 1. The van der Waals surface area contributed by atoms with E-state index in [1.54, 1.807) is 11.0 Å². The second kappa shape index (κ2) is 5.08. The lowest BCUT2D eigenvalue weighted by Crippen LogP contribution is -2.34. The lowest BCUT2D eigenvalue weighted by Gasteiger charge is -2.22. The van der Waals surface area contributed by atoms with Crippen LogP contribution in [0.3, 0.4) is 0 Å². The zero-order valence-corrected chi connectivity index (χ0v) is 11.1. The van der Waals surface area contributed by atoms with Crippen molar-refractivity contribution < 1.29 is 9.58 Å². The third kappa shape index (κ3) is 2.16. The summed E-state index contributed by atoms with van der Waals surface area (Å²) in [5.41, 5.74) is 13.2. The Labute approximate surface area is 111 Å². The van der Waals surface area contributed by atoms with Crippen LogP contribution in [0.4, 0.5) is 0 Å². The molecule has 2 rings (SSSR count). The molecule has 0 saturated carbocycles. The zero-order valence-electron chi connectivity index (χ0n) is 11.1. The van der Waals surface area contributed by atoms with Crippen molar-refractivity contribution in [3.05, 3.63) is 53.0 Å². The van der Waals surface area contributed by atoms with Crippen molar-refractivity contribution in [2.24, 2.45) is 0 Å². The summed E-state index contributed by atoms with van der Waals surface area (Å²) in [7, 11) is 0. The number of carbonyl (C=O) groups excluding carboxylic acids is 1. The first-order valence-corrected chi connectivity index (χ1v) is 6.09. The van der Waals surface area contributed by atoms with E-state index < -0.39 is 0 Å². The van der Waals surface area contributed by atoms with Crippen LogP contribution in [0, 0.1) is 6.92 Å². The molecule has 98 valence electrons. The number of nitrogens with zero attached hydrogens (tertiary/aromatic N) is 3. The van der Waals surface area contributed by atoms with E-state index in [2.05, 4.69) is 16.4 Å². The van der Waals surface area contributed by atoms with Gasteiger partial charge >= 0.3 is 5.71 Å². The highest BCUT2D eigenvalue weighted by atomic mass is 16.2. The number of aromatic amines is 1. The number of allylic oxidation sites excluding steroid dienone is 2. The van der Waals surface area contributed by atoms with E-state index >= 15 is 0 Å². The van der Waals surface area contributed by atoms with E-state index in [0.717, 1.165) is 16.8 Å². The number of amides is 1. The Balaban J connectivity index is 2.51. The number of nitrogens with one attached hydrogen (secondary N) is 1. The van der Waals surface area contributed by atoms with E-state index in [0.29, 0.717) is 24.4 Å². The molecule has 19 heavy (non-hydrogen) atoms. The molecule has 0 spiro atoms. The summed E-state index contributed by atoms with van der Waals surface area (Å²) < 4.78 is 0. The number of hydrogen-bond donors (Lipinski definition) is 1. The Morgan fingerprint density at radius 2 is 2.42 bits per heavy atom. The van der Waals surface area contributed by atoms with Gasteiger partial charge in [0.25, 0.3) is 0 Å². The molecule has 1 amide bonds. The van der Waals surface area contributed by atoms with E-state index in [4.69, 9.17) is 0 Å². The fourth-order valence-electron chi connectivity index (χ4n) is 2.36. The maximum Gasteiger partial charge on any atom is 0.347 e. The zero-order chi connectivity index (χ0) is 14.0. The minimum Gasteiger partial charge on any atom is -0.364 e. The van der Waals surface area contributed by atoms with Crippen molar-refractivity contribution >= 4 is 11.6 Å². The molecule has 0 atom stereocenters. The molecular weight excluding hydrogens is 240 g/mol. The molecule has 0 unspecified atom stereocenters. The van der Waals surface area contributed by atoms with Gasteiger partial charge in [-0.05, 0) is 18.6 Å². The monoisotopic (exact) mass is 256 g/mol. The number of aromatic nitrogens is 1. The first-order chi connectivity index (χ1) is 9.10. The highest BCUT2D eigenvalue weighted by Gasteiger charge is 2.33. The Bertz CT molecular complexity index is 617. The molecule has 5 heteroatoms. The molecule has 1 aromatic heterocycles. The van der Waals surface area contributed by atoms with Crippen molar-refractivity contribution in [3.63, 3.8) is 0 Å². The summed E-state index contributed by atoms with van der Waals surface area (Å²) in [5, 5.41) is 0. The molecule has 1 heterocycles. The topological polar surface area (TPSA) is 72.5 Å². The maximum atomic E-state index is 11.7. The minimum atomic E-state index is -0.107. The number of hydrogen-bond acceptors (Lipinski definition) is 1. The summed E-state index contributed by atoms with van der Waals surface area (Å²) >= 11 is 0. The molecule has 0 aliphatic heterocycles. The molecule has 0 saturated heterocycles. The summed E-state index contributed by atoms with van der Waals surface area (Å²) in [6, 6.07) is 0. The van der Waals surface area contributed by atoms with Crippen LogP contribution in [0.5, 0.6) is 0 Å². The Kier molecular flexibility index (Phi) is 3.49. The molecule has 1 aliphatic carbocycles. The second-order valence-electron chi connectivity index (χ2n) is 4.49. The van der Waals surface area contributed by atoms with Crippen LogP contribution in [0.1, 0.15) is 23.7 Å². The van der Waals surface area contributed by atoms with Crippen LogP contribution in [-0.4, -0.2) is 32.8 Å². The van der Waals surface area contributed by atoms with Gasteiger partial charge in [-0.3, -0.25) is 4.79 Å². The van der Waals surface area contributed by atoms with Gasteiger partial charge in [-0.15, -0.1) is 6.58 Å². The summed E-state index contributed by atoms with van der Waals surface area (Å²) in [5.74, 6) is -0.107. The average Bonchev–Trinajstić information content (AvgIpc) is 2.77. The van der Waals surface area contributed by atoms with Crippen LogP contribution in [0.15, 0.2) is 30.6 Å². The van der Waals surface area contributed by atoms with Gasteiger partial charge in [0.2, 0.25) is 5.91 Å². The Hall–Kier alpha value is -2.39. The molecule has 1 N–H and O–H groups in total. The van der Waals surface area contributed by atoms with Crippen molar-refractivity contribution in [1.29, 1.82) is 0 Å². The van der Waals surface area contributed by atoms with Gasteiger partial charge in [0.1, 0.15) is 5.70 Å². The minimum absolute atomic E-state index is 0.107. The normalized spacial score (nSPS) is 13.4. The number of H-pyrrole nitrogens is 1. The summed E-state index contributed by atoms with van der Waals surface area (Å²) in [6.07, 6.45) is 6.09. The maximum absolute atomic E-state index is 11.7.